The molecule has 2 rings (SSSR count). The second kappa shape index (κ2) is 5.69. The molecule has 4 heteroatoms. The third-order valence-electron chi connectivity index (χ3n) is 3.23. The van der Waals surface area contributed by atoms with Gasteiger partial charge in [0.1, 0.15) is 5.75 Å². The largest absolute Gasteiger partial charge is 0.496 e. The Labute approximate surface area is 108 Å². The molecule has 1 aliphatic rings. The van der Waals surface area contributed by atoms with Crippen LogP contribution in [0, 0.1) is 6.92 Å². The quantitative estimate of drug-likeness (QED) is 0.869. The predicted molar refractivity (Wildman–Crippen MR) is 69.6 cm³/mol. The second-order valence-corrected chi connectivity index (χ2v) is 4.55. The highest BCUT2D eigenvalue weighted by Gasteiger charge is 2.40. The fourth-order valence-electron chi connectivity index (χ4n) is 2.34. The molecule has 0 spiro atoms. The van der Waals surface area contributed by atoms with Crippen LogP contribution in [0.4, 0.5) is 0 Å². The van der Waals surface area contributed by atoms with Crippen LogP contribution in [0.2, 0.25) is 0 Å². The van der Waals surface area contributed by atoms with Gasteiger partial charge < -0.3 is 19.9 Å². The molecule has 1 aromatic carbocycles. The van der Waals surface area contributed by atoms with Crippen LogP contribution in [0.25, 0.3) is 0 Å². The molecule has 4 nitrogen and oxygen atoms in total. The molecule has 0 aliphatic carbocycles. The van der Waals surface area contributed by atoms with E-state index in [1.807, 2.05) is 12.1 Å². The van der Waals surface area contributed by atoms with Crippen LogP contribution >= 0.6 is 0 Å². The first-order chi connectivity index (χ1) is 8.72. The van der Waals surface area contributed by atoms with E-state index in [2.05, 4.69) is 13.0 Å². The number of hydrogen-bond acceptors (Lipinski definition) is 4. The molecule has 0 amide bonds. The second-order valence-electron chi connectivity index (χ2n) is 4.55. The highest BCUT2D eigenvalue weighted by molar-refractivity contribution is 5.40. The lowest BCUT2D eigenvalue weighted by Gasteiger charge is -2.29. The van der Waals surface area contributed by atoms with Crippen LogP contribution < -0.4 is 10.5 Å². The Balaban J connectivity index is 2.38. The fourth-order valence-corrected chi connectivity index (χ4v) is 2.34. The summed E-state index contributed by atoms with van der Waals surface area (Å²) in [5.41, 5.74) is 7.73. The van der Waals surface area contributed by atoms with Gasteiger partial charge in [-0.15, -0.1) is 0 Å². The molecule has 0 bridgehead atoms. The lowest BCUT2D eigenvalue weighted by atomic mass is 9.97. The highest BCUT2D eigenvalue weighted by Crippen LogP contribution is 2.41. The summed E-state index contributed by atoms with van der Waals surface area (Å²) < 4.78 is 17.2. The summed E-state index contributed by atoms with van der Waals surface area (Å²) in [6.07, 6.45) is 1.61. The van der Waals surface area contributed by atoms with Crippen molar-refractivity contribution < 1.29 is 14.2 Å². The van der Waals surface area contributed by atoms with Crippen molar-refractivity contribution in [1.29, 1.82) is 0 Å². The van der Waals surface area contributed by atoms with Crippen molar-refractivity contribution in [2.75, 3.05) is 26.9 Å². The van der Waals surface area contributed by atoms with Crippen molar-refractivity contribution >= 4 is 0 Å². The Kier molecular flexibility index (Phi) is 4.22. The molecule has 0 radical (unpaired) electrons. The van der Waals surface area contributed by atoms with E-state index in [0.29, 0.717) is 19.8 Å². The molecule has 0 atom stereocenters. The Hall–Kier alpha value is -1.10. The topological polar surface area (TPSA) is 53.7 Å². The van der Waals surface area contributed by atoms with Crippen LogP contribution in [0.1, 0.15) is 24.0 Å². The summed E-state index contributed by atoms with van der Waals surface area (Å²) in [5.74, 6) is 0.121. The SMILES string of the molecule is COc1ccc(C)cc1C1(CCCN)OCCO1. The van der Waals surface area contributed by atoms with Crippen molar-refractivity contribution in [3.05, 3.63) is 29.3 Å². The summed E-state index contributed by atoms with van der Waals surface area (Å²) in [7, 11) is 1.67. The molecule has 1 aromatic rings. The number of methoxy groups -OCH3 is 1. The van der Waals surface area contributed by atoms with Crippen LogP contribution in [0.15, 0.2) is 18.2 Å². The van der Waals surface area contributed by atoms with E-state index in [9.17, 15) is 0 Å². The molecule has 100 valence electrons. The number of hydrogen-bond donors (Lipinski definition) is 1. The van der Waals surface area contributed by atoms with Crippen molar-refractivity contribution in [2.45, 2.75) is 25.6 Å². The Morgan fingerprint density at radius 2 is 2.06 bits per heavy atom. The standard InChI is InChI=1S/C14H21NO3/c1-11-4-5-13(16-2)12(10-11)14(6-3-7-15)17-8-9-18-14/h4-5,10H,3,6-9,15H2,1-2H3. The van der Waals surface area contributed by atoms with Crippen LogP contribution in [0.3, 0.4) is 0 Å². The molecule has 0 aromatic heterocycles. The van der Waals surface area contributed by atoms with Crippen molar-refractivity contribution in [2.24, 2.45) is 5.73 Å². The van der Waals surface area contributed by atoms with Gasteiger partial charge in [0.25, 0.3) is 0 Å². The molecule has 2 N–H and O–H groups in total. The van der Waals surface area contributed by atoms with Gasteiger partial charge in [0.05, 0.1) is 25.9 Å². The van der Waals surface area contributed by atoms with Crippen molar-refractivity contribution in [1.82, 2.24) is 0 Å². The van der Waals surface area contributed by atoms with Crippen molar-refractivity contribution in [3.63, 3.8) is 0 Å². The number of nitrogens with two attached hydrogens (primary N) is 1. The number of aryl methyl sites for hydroxylation is 1. The minimum Gasteiger partial charge on any atom is -0.496 e. The number of rotatable bonds is 5. The molecule has 0 unspecified atom stereocenters. The van der Waals surface area contributed by atoms with E-state index in [1.54, 1.807) is 7.11 Å². The Morgan fingerprint density at radius 3 is 2.67 bits per heavy atom. The zero-order chi connectivity index (χ0) is 13.0. The van der Waals surface area contributed by atoms with Crippen molar-refractivity contribution in [3.8, 4) is 5.75 Å². The van der Waals surface area contributed by atoms with Crippen LogP contribution in [-0.2, 0) is 15.3 Å². The zero-order valence-electron chi connectivity index (χ0n) is 11.1. The van der Waals surface area contributed by atoms with Gasteiger partial charge in [0, 0.05) is 6.42 Å². The Bertz CT molecular complexity index is 400. The minimum atomic E-state index is -0.684. The first-order valence-electron chi connectivity index (χ1n) is 6.35. The highest BCUT2D eigenvalue weighted by atomic mass is 16.7. The molecule has 1 aliphatic heterocycles. The molecule has 18 heavy (non-hydrogen) atoms. The van der Waals surface area contributed by atoms with Gasteiger partial charge in [-0.1, -0.05) is 11.6 Å². The third-order valence-corrected chi connectivity index (χ3v) is 3.23. The molecular weight excluding hydrogens is 230 g/mol. The van der Waals surface area contributed by atoms with E-state index >= 15 is 0 Å². The monoisotopic (exact) mass is 251 g/mol. The van der Waals surface area contributed by atoms with E-state index in [1.165, 1.54) is 0 Å². The first kappa shape index (κ1) is 13.3. The molecule has 1 fully saturated rings. The minimum absolute atomic E-state index is 0.613. The van der Waals surface area contributed by atoms with Gasteiger partial charge in [-0.25, -0.2) is 0 Å². The van der Waals surface area contributed by atoms with E-state index in [4.69, 9.17) is 19.9 Å². The van der Waals surface area contributed by atoms with Crippen LogP contribution in [0.5, 0.6) is 5.75 Å². The maximum absolute atomic E-state index is 5.87. The maximum atomic E-state index is 5.87. The maximum Gasteiger partial charge on any atom is 0.198 e. The lowest BCUT2D eigenvalue weighted by molar-refractivity contribution is -0.172. The lowest BCUT2D eigenvalue weighted by Crippen LogP contribution is -2.28. The summed E-state index contributed by atoms with van der Waals surface area (Å²) >= 11 is 0. The summed E-state index contributed by atoms with van der Waals surface area (Å²) in [6.45, 7) is 3.90. The zero-order valence-corrected chi connectivity index (χ0v) is 11.1. The Morgan fingerprint density at radius 1 is 1.33 bits per heavy atom. The summed E-state index contributed by atoms with van der Waals surface area (Å²) in [6, 6.07) is 6.05. The molecular formula is C14H21NO3. The van der Waals surface area contributed by atoms with Gasteiger partial charge in [0.2, 0.25) is 0 Å². The number of benzene rings is 1. The molecule has 1 heterocycles. The van der Waals surface area contributed by atoms with Gasteiger partial charge >= 0.3 is 0 Å². The van der Waals surface area contributed by atoms with Gasteiger partial charge in [0.15, 0.2) is 5.79 Å². The summed E-state index contributed by atoms with van der Waals surface area (Å²) in [5, 5.41) is 0. The summed E-state index contributed by atoms with van der Waals surface area (Å²) in [4.78, 5) is 0. The smallest absolute Gasteiger partial charge is 0.198 e. The van der Waals surface area contributed by atoms with Gasteiger partial charge in [-0.2, -0.15) is 0 Å². The average molecular weight is 251 g/mol. The van der Waals surface area contributed by atoms with E-state index in [-0.39, 0.29) is 0 Å². The predicted octanol–water partition coefficient (Wildman–Crippen LogP) is 1.94. The molecule has 1 saturated heterocycles. The number of ether oxygens (including phenoxy) is 3. The third kappa shape index (κ3) is 2.51. The van der Waals surface area contributed by atoms with Gasteiger partial charge in [-0.05, 0) is 32.0 Å². The van der Waals surface area contributed by atoms with Gasteiger partial charge in [-0.3, -0.25) is 0 Å². The first-order valence-corrected chi connectivity index (χ1v) is 6.35. The van der Waals surface area contributed by atoms with E-state index in [0.717, 1.165) is 29.7 Å². The molecule has 0 saturated carbocycles. The average Bonchev–Trinajstić information content (AvgIpc) is 2.86. The van der Waals surface area contributed by atoms with E-state index < -0.39 is 5.79 Å². The fraction of sp³-hybridized carbons (Fsp3) is 0.571. The van der Waals surface area contributed by atoms with Crippen LogP contribution in [-0.4, -0.2) is 26.9 Å². The normalized spacial score (nSPS) is 17.9.